The fraction of sp³-hybridized carbons (Fsp3) is 0.571. The normalized spacial score (nSPS) is 24.6. The summed E-state index contributed by atoms with van der Waals surface area (Å²) >= 11 is 0. The van der Waals surface area contributed by atoms with E-state index in [0.29, 0.717) is 38.5 Å². The zero-order valence-electron chi connectivity index (χ0n) is 15.1. The van der Waals surface area contributed by atoms with Crippen LogP contribution in [0, 0.1) is 11.8 Å². The number of piperidine rings is 2. The number of hydrogen-bond acceptors (Lipinski definition) is 3. The lowest BCUT2D eigenvalue weighted by Crippen LogP contribution is -2.49. The van der Waals surface area contributed by atoms with Gasteiger partial charge in [-0.1, -0.05) is 30.3 Å². The summed E-state index contributed by atoms with van der Waals surface area (Å²) in [4.78, 5) is 41.4. The van der Waals surface area contributed by atoms with E-state index in [1.165, 1.54) is 0 Å². The van der Waals surface area contributed by atoms with Crippen molar-refractivity contribution >= 4 is 17.6 Å². The van der Waals surface area contributed by atoms with Gasteiger partial charge in [-0.15, -0.1) is 0 Å². The van der Waals surface area contributed by atoms with Crippen LogP contribution in [-0.2, 0) is 9.59 Å². The van der Waals surface area contributed by atoms with Gasteiger partial charge in [0.2, 0.25) is 11.8 Å². The van der Waals surface area contributed by atoms with E-state index in [1.807, 2.05) is 40.1 Å². The van der Waals surface area contributed by atoms with Crippen molar-refractivity contribution < 1.29 is 14.4 Å². The molecule has 138 valence electrons. The Morgan fingerprint density at radius 2 is 1.58 bits per heavy atom. The molecule has 1 unspecified atom stereocenters. The number of likely N-dealkylation sites (tertiary alicyclic amines) is 2. The third-order valence-corrected chi connectivity index (χ3v) is 6.02. The van der Waals surface area contributed by atoms with E-state index in [2.05, 4.69) is 0 Å². The van der Waals surface area contributed by atoms with Crippen LogP contribution in [0.25, 0.3) is 0 Å². The summed E-state index contributed by atoms with van der Waals surface area (Å²) in [6, 6.07) is 9.81. The summed E-state index contributed by atoms with van der Waals surface area (Å²) in [6.07, 6.45) is 4.80. The second-order valence-corrected chi connectivity index (χ2v) is 7.84. The third-order valence-electron chi connectivity index (χ3n) is 6.02. The van der Waals surface area contributed by atoms with Crippen LogP contribution in [0.2, 0.25) is 0 Å². The predicted molar refractivity (Wildman–Crippen MR) is 97.5 cm³/mol. The highest BCUT2D eigenvalue weighted by Gasteiger charge is 2.40. The maximum absolute atomic E-state index is 12.9. The van der Waals surface area contributed by atoms with E-state index >= 15 is 0 Å². The lowest BCUT2D eigenvalue weighted by atomic mass is 9.88. The van der Waals surface area contributed by atoms with Gasteiger partial charge in [-0.2, -0.15) is 0 Å². The van der Waals surface area contributed by atoms with Crippen molar-refractivity contribution in [1.29, 1.82) is 0 Å². The lowest BCUT2D eigenvalue weighted by molar-refractivity contribution is -0.144. The molecular formula is C21H26N2O3. The van der Waals surface area contributed by atoms with Gasteiger partial charge in [0.1, 0.15) is 0 Å². The first-order valence-corrected chi connectivity index (χ1v) is 9.81. The largest absolute Gasteiger partial charge is 0.342 e. The molecule has 0 bridgehead atoms. The summed E-state index contributed by atoms with van der Waals surface area (Å²) in [5.41, 5.74) is 0.767. The Morgan fingerprint density at radius 3 is 2.23 bits per heavy atom. The molecule has 3 fully saturated rings. The van der Waals surface area contributed by atoms with Crippen molar-refractivity contribution in [2.45, 2.75) is 44.6 Å². The summed E-state index contributed by atoms with van der Waals surface area (Å²) < 4.78 is 0. The summed E-state index contributed by atoms with van der Waals surface area (Å²) in [5, 5.41) is 0. The number of Topliss-reactive ketones (excluding diaryl/α,β-unsaturated/α-hetero) is 1. The number of ketones is 1. The summed E-state index contributed by atoms with van der Waals surface area (Å²) in [7, 11) is 0. The van der Waals surface area contributed by atoms with Crippen LogP contribution in [0.1, 0.15) is 48.9 Å². The molecule has 2 saturated heterocycles. The van der Waals surface area contributed by atoms with Crippen LogP contribution in [0.15, 0.2) is 30.3 Å². The third kappa shape index (κ3) is 3.53. The average Bonchev–Trinajstić information content (AvgIpc) is 3.53. The fourth-order valence-electron chi connectivity index (χ4n) is 4.27. The zero-order valence-corrected chi connectivity index (χ0v) is 15.1. The molecule has 3 aliphatic rings. The van der Waals surface area contributed by atoms with Gasteiger partial charge in [-0.05, 0) is 32.1 Å². The van der Waals surface area contributed by atoms with E-state index in [4.69, 9.17) is 0 Å². The molecule has 2 heterocycles. The van der Waals surface area contributed by atoms with Crippen LogP contribution < -0.4 is 0 Å². The highest BCUT2D eigenvalue weighted by atomic mass is 16.2. The monoisotopic (exact) mass is 354 g/mol. The second kappa shape index (κ2) is 7.22. The Balaban J connectivity index is 1.32. The maximum atomic E-state index is 12.9. The molecule has 1 aliphatic carbocycles. The van der Waals surface area contributed by atoms with Crippen molar-refractivity contribution in [3.8, 4) is 0 Å². The number of rotatable bonds is 4. The molecule has 1 aromatic rings. The molecule has 26 heavy (non-hydrogen) atoms. The first kappa shape index (κ1) is 17.3. The van der Waals surface area contributed by atoms with Crippen molar-refractivity contribution in [1.82, 2.24) is 9.80 Å². The first-order chi connectivity index (χ1) is 12.6. The number of carbonyl (C=O) groups excluding carboxylic acids is 3. The number of amides is 2. The highest BCUT2D eigenvalue weighted by molar-refractivity contribution is 5.98. The molecule has 0 radical (unpaired) electrons. The highest BCUT2D eigenvalue weighted by Crippen LogP contribution is 2.33. The van der Waals surface area contributed by atoms with Gasteiger partial charge < -0.3 is 9.80 Å². The van der Waals surface area contributed by atoms with Gasteiger partial charge in [-0.25, -0.2) is 0 Å². The minimum absolute atomic E-state index is 0.0114. The molecule has 1 atom stereocenters. The Labute approximate surface area is 154 Å². The summed E-state index contributed by atoms with van der Waals surface area (Å²) in [6.45, 7) is 1.89. The quantitative estimate of drug-likeness (QED) is 0.781. The van der Waals surface area contributed by atoms with Crippen molar-refractivity contribution in [2.75, 3.05) is 19.6 Å². The standard InChI is InChI=1S/C21H26N2O3/c24-19-9-6-17(14-23(19)18-7-8-18)21(26)22-12-10-16(11-13-22)20(25)15-4-2-1-3-5-15/h1-5,16-18H,6-14H2. The van der Waals surface area contributed by atoms with Crippen LogP contribution in [0.3, 0.4) is 0 Å². The van der Waals surface area contributed by atoms with E-state index < -0.39 is 0 Å². The molecule has 2 aliphatic heterocycles. The first-order valence-electron chi connectivity index (χ1n) is 9.81. The van der Waals surface area contributed by atoms with Crippen LogP contribution in [-0.4, -0.2) is 53.1 Å². The van der Waals surface area contributed by atoms with Gasteiger partial charge >= 0.3 is 0 Å². The molecule has 5 nitrogen and oxygen atoms in total. The molecular weight excluding hydrogens is 328 g/mol. The topological polar surface area (TPSA) is 57.7 Å². The van der Waals surface area contributed by atoms with Crippen LogP contribution in [0.5, 0.6) is 0 Å². The zero-order chi connectivity index (χ0) is 18.1. The molecule has 5 heteroatoms. The maximum Gasteiger partial charge on any atom is 0.227 e. The molecule has 0 aromatic heterocycles. The number of nitrogens with zero attached hydrogens (tertiary/aromatic N) is 2. The van der Waals surface area contributed by atoms with Gasteiger partial charge in [0.15, 0.2) is 5.78 Å². The van der Waals surface area contributed by atoms with Crippen LogP contribution in [0.4, 0.5) is 0 Å². The minimum atomic E-state index is -0.0605. The van der Waals surface area contributed by atoms with E-state index in [9.17, 15) is 14.4 Å². The Morgan fingerprint density at radius 1 is 0.885 bits per heavy atom. The van der Waals surface area contributed by atoms with Crippen molar-refractivity contribution in [3.63, 3.8) is 0 Å². The summed E-state index contributed by atoms with van der Waals surface area (Å²) in [5.74, 6) is 0.533. The second-order valence-electron chi connectivity index (χ2n) is 7.84. The molecule has 1 saturated carbocycles. The molecule has 0 N–H and O–H groups in total. The van der Waals surface area contributed by atoms with Gasteiger partial charge in [0, 0.05) is 43.6 Å². The molecule has 0 spiro atoms. The SMILES string of the molecule is O=C(c1ccccc1)C1CCN(C(=O)C2CCC(=O)N(C3CC3)C2)CC1. The van der Waals surface area contributed by atoms with E-state index in [-0.39, 0.29) is 29.4 Å². The average molecular weight is 354 g/mol. The van der Waals surface area contributed by atoms with Gasteiger partial charge in [0.05, 0.1) is 5.92 Å². The van der Waals surface area contributed by atoms with Gasteiger partial charge in [0.25, 0.3) is 0 Å². The predicted octanol–water partition coefficient (Wildman–Crippen LogP) is 2.51. The molecule has 2 amide bonds. The Hall–Kier alpha value is -2.17. The fourth-order valence-corrected chi connectivity index (χ4v) is 4.27. The van der Waals surface area contributed by atoms with E-state index in [1.54, 1.807) is 0 Å². The number of hydrogen-bond donors (Lipinski definition) is 0. The molecule has 4 rings (SSSR count). The number of benzene rings is 1. The van der Waals surface area contributed by atoms with Gasteiger partial charge in [-0.3, -0.25) is 14.4 Å². The lowest BCUT2D eigenvalue weighted by Gasteiger charge is -2.37. The Bertz CT molecular complexity index is 690. The molecule has 1 aromatic carbocycles. The van der Waals surface area contributed by atoms with Crippen LogP contribution >= 0.6 is 0 Å². The van der Waals surface area contributed by atoms with E-state index in [0.717, 1.165) is 31.2 Å². The number of carbonyl (C=O) groups is 3. The smallest absolute Gasteiger partial charge is 0.227 e. The Kier molecular flexibility index (Phi) is 4.79. The minimum Gasteiger partial charge on any atom is -0.342 e. The van der Waals surface area contributed by atoms with Crippen molar-refractivity contribution in [3.05, 3.63) is 35.9 Å². The van der Waals surface area contributed by atoms with Crippen molar-refractivity contribution in [2.24, 2.45) is 11.8 Å².